The Morgan fingerprint density at radius 1 is 1.12 bits per heavy atom. The zero-order valence-corrected chi connectivity index (χ0v) is 19.7. The lowest BCUT2D eigenvalue weighted by Crippen LogP contribution is -2.44. The number of aromatic nitrogens is 2. The standard InChI is InChI=1S/C26H34N6O/c1-3-32(4-2)26(33)21-8-6-20(7-9-21)24-18-25(22-19-28-12-10-23(22)30-24)29-11-5-15-31-16-13-27-14-17-31/h6-10,12,18-19,27H,3-5,11,13-17H2,1-2H3,(H,29,30). The fourth-order valence-corrected chi connectivity index (χ4v) is 4.30. The number of carbonyl (C=O) groups excluding carboxylic acids is 1. The second-order valence-electron chi connectivity index (χ2n) is 8.37. The van der Waals surface area contributed by atoms with Crippen molar-refractivity contribution >= 4 is 22.5 Å². The van der Waals surface area contributed by atoms with E-state index in [-0.39, 0.29) is 5.91 Å². The highest BCUT2D eigenvalue weighted by atomic mass is 16.2. The van der Waals surface area contributed by atoms with E-state index in [0.717, 1.165) is 73.5 Å². The summed E-state index contributed by atoms with van der Waals surface area (Å²) in [5.74, 6) is 0.0657. The van der Waals surface area contributed by atoms with Crippen LogP contribution in [0.1, 0.15) is 30.6 Å². The van der Waals surface area contributed by atoms with Gasteiger partial charge in [0.15, 0.2) is 0 Å². The van der Waals surface area contributed by atoms with Crippen molar-refractivity contribution < 1.29 is 4.79 Å². The Hall–Kier alpha value is -3.03. The molecule has 4 rings (SSSR count). The van der Waals surface area contributed by atoms with E-state index in [0.29, 0.717) is 18.7 Å². The van der Waals surface area contributed by atoms with Crippen LogP contribution in [0.3, 0.4) is 0 Å². The van der Waals surface area contributed by atoms with Crippen LogP contribution in [0, 0.1) is 0 Å². The van der Waals surface area contributed by atoms with E-state index in [1.54, 1.807) is 6.20 Å². The number of fused-ring (bicyclic) bond motifs is 1. The average molecular weight is 447 g/mol. The number of nitrogens with zero attached hydrogens (tertiary/aromatic N) is 4. The number of hydrogen-bond acceptors (Lipinski definition) is 6. The second-order valence-corrected chi connectivity index (χ2v) is 8.37. The van der Waals surface area contributed by atoms with E-state index < -0.39 is 0 Å². The van der Waals surface area contributed by atoms with Crippen LogP contribution in [0.4, 0.5) is 5.69 Å². The predicted octanol–water partition coefficient (Wildman–Crippen LogP) is 3.49. The van der Waals surface area contributed by atoms with Gasteiger partial charge in [-0.2, -0.15) is 0 Å². The van der Waals surface area contributed by atoms with E-state index >= 15 is 0 Å². The minimum absolute atomic E-state index is 0.0657. The molecule has 33 heavy (non-hydrogen) atoms. The molecule has 0 unspecified atom stereocenters. The van der Waals surface area contributed by atoms with Crippen LogP contribution in [0.5, 0.6) is 0 Å². The molecular formula is C26H34N6O. The molecule has 0 radical (unpaired) electrons. The molecule has 1 amide bonds. The quantitative estimate of drug-likeness (QED) is 0.490. The molecule has 1 fully saturated rings. The Balaban J connectivity index is 1.50. The zero-order chi connectivity index (χ0) is 23.0. The third-order valence-electron chi connectivity index (χ3n) is 6.26. The summed E-state index contributed by atoms with van der Waals surface area (Å²) in [6, 6.07) is 11.8. The molecule has 7 heteroatoms. The molecule has 0 saturated carbocycles. The maximum atomic E-state index is 12.6. The van der Waals surface area contributed by atoms with Gasteiger partial charge in [-0.05, 0) is 51.1 Å². The fraction of sp³-hybridized carbons (Fsp3) is 0.423. The molecule has 2 aromatic heterocycles. The summed E-state index contributed by atoms with van der Waals surface area (Å²) in [5, 5.41) is 8.04. The van der Waals surface area contributed by atoms with Gasteiger partial charge in [0.25, 0.3) is 5.91 Å². The Labute approximate surface area is 196 Å². The van der Waals surface area contributed by atoms with E-state index in [1.165, 1.54) is 0 Å². The monoisotopic (exact) mass is 446 g/mol. The number of hydrogen-bond donors (Lipinski definition) is 2. The molecule has 7 nitrogen and oxygen atoms in total. The minimum Gasteiger partial charge on any atom is -0.384 e. The van der Waals surface area contributed by atoms with Crippen LogP contribution >= 0.6 is 0 Å². The predicted molar refractivity (Wildman–Crippen MR) is 135 cm³/mol. The van der Waals surface area contributed by atoms with E-state index in [4.69, 9.17) is 4.98 Å². The molecule has 0 bridgehead atoms. The maximum absolute atomic E-state index is 12.6. The van der Waals surface area contributed by atoms with Crippen LogP contribution in [0.2, 0.25) is 0 Å². The summed E-state index contributed by atoms with van der Waals surface area (Å²) in [7, 11) is 0. The van der Waals surface area contributed by atoms with Gasteiger partial charge in [0, 0.05) is 80.4 Å². The van der Waals surface area contributed by atoms with Crippen molar-refractivity contribution in [1.82, 2.24) is 25.1 Å². The van der Waals surface area contributed by atoms with Gasteiger partial charge in [0.05, 0.1) is 11.2 Å². The van der Waals surface area contributed by atoms with E-state index in [2.05, 4.69) is 26.6 Å². The molecule has 0 atom stereocenters. The first-order valence-electron chi connectivity index (χ1n) is 12.0. The first-order chi connectivity index (χ1) is 16.2. The third-order valence-corrected chi connectivity index (χ3v) is 6.26. The van der Waals surface area contributed by atoms with Gasteiger partial charge in [0.1, 0.15) is 0 Å². The number of benzene rings is 1. The molecule has 1 aromatic carbocycles. The average Bonchev–Trinajstić information content (AvgIpc) is 2.87. The summed E-state index contributed by atoms with van der Waals surface area (Å²) in [6.07, 6.45) is 4.73. The van der Waals surface area contributed by atoms with Gasteiger partial charge < -0.3 is 20.4 Å². The van der Waals surface area contributed by atoms with Crippen molar-refractivity contribution in [3.63, 3.8) is 0 Å². The lowest BCUT2D eigenvalue weighted by molar-refractivity contribution is 0.0773. The second kappa shape index (κ2) is 11.2. The molecule has 2 N–H and O–H groups in total. The van der Waals surface area contributed by atoms with Crippen molar-refractivity contribution in [1.29, 1.82) is 0 Å². The lowest BCUT2D eigenvalue weighted by atomic mass is 10.1. The lowest BCUT2D eigenvalue weighted by Gasteiger charge is -2.27. The number of carbonyl (C=O) groups is 1. The fourth-order valence-electron chi connectivity index (χ4n) is 4.30. The Morgan fingerprint density at radius 2 is 1.88 bits per heavy atom. The number of piperazine rings is 1. The number of rotatable bonds is 9. The number of pyridine rings is 2. The van der Waals surface area contributed by atoms with Gasteiger partial charge >= 0.3 is 0 Å². The SMILES string of the molecule is CCN(CC)C(=O)c1ccc(-c2cc(NCCCN3CCNCC3)c3cnccc3n2)cc1. The largest absolute Gasteiger partial charge is 0.384 e. The first-order valence-corrected chi connectivity index (χ1v) is 12.0. The highest BCUT2D eigenvalue weighted by Gasteiger charge is 2.14. The molecule has 1 aliphatic heterocycles. The molecule has 3 heterocycles. The molecule has 174 valence electrons. The molecule has 3 aromatic rings. The van der Waals surface area contributed by atoms with Gasteiger partial charge in [-0.1, -0.05) is 12.1 Å². The van der Waals surface area contributed by atoms with Gasteiger partial charge in [0.2, 0.25) is 0 Å². The number of anilines is 1. The highest BCUT2D eigenvalue weighted by Crippen LogP contribution is 2.28. The Bertz CT molecular complexity index is 1060. The Kier molecular flexibility index (Phi) is 7.86. The summed E-state index contributed by atoms with van der Waals surface area (Å²) >= 11 is 0. The molecule has 0 spiro atoms. The van der Waals surface area contributed by atoms with Crippen LogP contribution in [-0.4, -0.2) is 78.0 Å². The van der Waals surface area contributed by atoms with Crippen molar-refractivity contribution in [2.75, 3.05) is 57.7 Å². The van der Waals surface area contributed by atoms with Crippen LogP contribution < -0.4 is 10.6 Å². The van der Waals surface area contributed by atoms with Crippen LogP contribution in [0.15, 0.2) is 48.8 Å². The minimum atomic E-state index is 0.0657. The normalized spacial score (nSPS) is 14.4. The van der Waals surface area contributed by atoms with Crippen LogP contribution in [0.25, 0.3) is 22.2 Å². The summed E-state index contributed by atoms with van der Waals surface area (Å²) in [5.41, 5.74) is 4.55. The molecule has 1 aliphatic rings. The summed E-state index contributed by atoms with van der Waals surface area (Å²) in [4.78, 5) is 26.1. The van der Waals surface area contributed by atoms with Crippen molar-refractivity contribution in [2.24, 2.45) is 0 Å². The molecule has 0 aliphatic carbocycles. The zero-order valence-electron chi connectivity index (χ0n) is 19.7. The smallest absolute Gasteiger partial charge is 0.253 e. The first kappa shape index (κ1) is 23.1. The van der Waals surface area contributed by atoms with Gasteiger partial charge in [-0.25, -0.2) is 4.98 Å². The third kappa shape index (κ3) is 5.67. The maximum Gasteiger partial charge on any atom is 0.253 e. The summed E-state index contributed by atoms with van der Waals surface area (Å²) in [6.45, 7) is 11.8. The van der Waals surface area contributed by atoms with Gasteiger partial charge in [-0.15, -0.1) is 0 Å². The summed E-state index contributed by atoms with van der Waals surface area (Å²) < 4.78 is 0. The van der Waals surface area contributed by atoms with E-state index in [9.17, 15) is 4.79 Å². The highest BCUT2D eigenvalue weighted by molar-refractivity contribution is 5.95. The van der Waals surface area contributed by atoms with Gasteiger partial charge in [-0.3, -0.25) is 9.78 Å². The topological polar surface area (TPSA) is 73.4 Å². The van der Waals surface area contributed by atoms with Crippen LogP contribution in [-0.2, 0) is 0 Å². The number of amides is 1. The number of nitrogens with one attached hydrogen (secondary N) is 2. The Morgan fingerprint density at radius 3 is 2.61 bits per heavy atom. The van der Waals surface area contributed by atoms with Crippen molar-refractivity contribution in [3.05, 3.63) is 54.4 Å². The molecular weight excluding hydrogens is 412 g/mol. The van der Waals surface area contributed by atoms with E-state index in [1.807, 2.05) is 55.3 Å². The molecule has 1 saturated heterocycles. The van der Waals surface area contributed by atoms with Crippen molar-refractivity contribution in [3.8, 4) is 11.3 Å². The van der Waals surface area contributed by atoms with Crippen molar-refractivity contribution in [2.45, 2.75) is 20.3 Å².